The maximum atomic E-state index is 3.42. The second-order valence-electron chi connectivity index (χ2n) is 5.29. The van der Waals surface area contributed by atoms with Gasteiger partial charge >= 0.3 is 0 Å². The molecule has 1 saturated heterocycles. The van der Waals surface area contributed by atoms with Crippen LogP contribution in [0.4, 0.5) is 0 Å². The molecule has 3 heteroatoms. The van der Waals surface area contributed by atoms with Crippen molar-refractivity contribution < 1.29 is 0 Å². The summed E-state index contributed by atoms with van der Waals surface area (Å²) in [6.45, 7) is 2.33. The second-order valence-corrected chi connectivity index (χ2v) is 5.29. The zero-order valence-electron chi connectivity index (χ0n) is 10.5. The molecule has 2 N–H and O–H groups in total. The molecule has 0 unspecified atom stereocenters. The Morgan fingerprint density at radius 3 is 2.25 bits per heavy atom. The van der Waals surface area contributed by atoms with Crippen molar-refractivity contribution in [3.63, 3.8) is 0 Å². The molecule has 0 bridgehead atoms. The van der Waals surface area contributed by atoms with Gasteiger partial charge in [-0.3, -0.25) is 0 Å². The van der Waals surface area contributed by atoms with E-state index in [2.05, 4.69) is 16.0 Å². The lowest BCUT2D eigenvalue weighted by molar-refractivity contribution is 0.0684. The van der Waals surface area contributed by atoms with Crippen molar-refractivity contribution in [1.29, 1.82) is 0 Å². The van der Waals surface area contributed by atoms with Crippen molar-refractivity contribution >= 4 is 0 Å². The van der Waals surface area contributed by atoms with Crippen LogP contribution in [0.5, 0.6) is 0 Å². The van der Waals surface area contributed by atoms with Crippen LogP contribution in [0.2, 0.25) is 0 Å². The molecule has 0 amide bonds. The number of rotatable bonds is 1. The number of hydrazine groups is 2. The van der Waals surface area contributed by atoms with Crippen molar-refractivity contribution in [2.75, 3.05) is 13.1 Å². The first-order valence-corrected chi connectivity index (χ1v) is 7.22. The van der Waals surface area contributed by atoms with E-state index in [0.717, 1.165) is 12.6 Å². The first-order valence-electron chi connectivity index (χ1n) is 7.22. The summed E-state index contributed by atoms with van der Waals surface area (Å²) in [6, 6.07) is 0.769. The molecule has 1 aliphatic carbocycles. The average Bonchev–Trinajstić information content (AvgIpc) is 2.18. The quantitative estimate of drug-likeness (QED) is 0.718. The Hall–Kier alpha value is -0.120. The van der Waals surface area contributed by atoms with Crippen LogP contribution in [-0.4, -0.2) is 24.1 Å². The van der Waals surface area contributed by atoms with Gasteiger partial charge in [0.2, 0.25) is 0 Å². The van der Waals surface area contributed by atoms with E-state index in [-0.39, 0.29) is 0 Å². The van der Waals surface area contributed by atoms with Gasteiger partial charge in [-0.25, -0.2) is 10.4 Å². The van der Waals surface area contributed by atoms with Gasteiger partial charge in [-0.2, -0.15) is 5.53 Å². The zero-order valence-corrected chi connectivity index (χ0v) is 10.5. The monoisotopic (exact) mass is 225 g/mol. The molecule has 3 nitrogen and oxygen atoms in total. The molecule has 0 aromatic heterocycles. The van der Waals surface area contributed by atoms with Crippen molar-refractivity contribution in [2.45, 2.75) is 70.3 Å². The summed E-state index contributed by atoms with van der Waals surface area (Å²) in [5, 5.41) is 2.48. The maximum absolute atomic E-state index is 3.42. The molecule has 1 heterocycles. The largest absolute Gasteiger partial charge is 0.244 e. The van der Waals surface area contributed by atoms with Gasteiger partial charge < -0.3 is 0 Å². The summed E-state index contributed by atoms with van der Waals surface area (Å²) in [5.41, 5.74) is 6.77. The molecular weight excluding hydrogens is 198 g/mol. The fraction of sp³-hybridized carbons (Fsp3) is 1.00. The SMILES string of the molecule is C1CCCC(N2CCCCCNN2)CCC1. The normalized spacial score (nSPS) is 27.8. The van der Waals surface area contributed by atoms with Crippen LogP contribution in [0.25, 0.3) is 0 Å². The van der Waals surface area contributed by atoms with Gasteiger partial charge in [0, 0.05) is 19.1 Å². The molecule has 0 radical (unpaired) electrons. The Morgan fingerprint density at radius 1 is 0.750 bits per heavy atom. The number of nitrogens with zero attached hydrogens (tertiary/aromatic N) is 1. The highest BCUT2D eigenvalue weighted by Crippen LogP contribution is 2.21. The maximum Gasteiger partial charge on any atom is 0.0256 e. The highest BCUT2D eigenvalue weighted by atomic mass is 15.7. The Labute approximate surface area is 99.9 Å². The standard InChI is InChI=1S/C13H27N3/c1-2-5-9-13(10-6-3-1)16-12-8-4-7-11-14-15-16/h13-15H,1-12H2. The smallest absolute Gasteiger partial charge is 0.0256 e. The minimum Gasteiger partial charge on any atom is -0.244 e. The summed E-state index contributed by atoms with van der Waals surface area (Å²) in [5.74, 6) is 0. The zero-order chi connectivity index (χ0) is 11.1. The van der Waals surface area contributed by atoms with Crippen LogP contribution < -0.4 is 11.0 Å². The Morgan fingerprint density at radius 2 is 1.44 bits per heavy atom. The van der Waals surface area contributed by atoms with Crippen molar-refractivity contribution in [2.24, 2.45) is 0 Å². The molecule has 2 aliphatic rings. The molecule has 1 aliphatic heterocycles. The second kappa shape index (κ2) is 7.25. The third-order valence-electron chi connectivity index (χ3n) is 3.94. The first-order chi connectivity index (χ1) is 7.97. The summed E-state index contributed by atoms with van der Waals surface area (Å²) in [7, 11) is 0. The summed E-state index contributed by atoms with van der Waals surface area (Å²) < 4.78 is 0. The van der Waals surface area contributed by atoms with Gasteiger partial charge in [0.25, 0.3) is 0 Å². The van der Waals surface area contributed by atoms with Gasteiger partial charge in [0.15, 0.2) is 0 Å². The Bertz CT molecular complexity index is 148. The van der Waals surface area contributed by atoms with E-state index >= 15 is 0 Å². The fourth-order valence-corrected chi connectivity index (χ4v) is 2.91. The fourth-order valence-electron chi connectivity index (χ4n) is 2.91. The molecular formula is C13H27N3. The van der Waals surface area contributed by atoms with Crippen LogP contribution in [0, 0.1) is 0 Å². The van der Waals surface area contributed by atoms with Crippen molar-refractivity contribution in [1.82, 2.24) is 16.0 Å². The van der Waals surface area contributed by atoms with Gasteiger partial charge in [-0.1, -0.05) is 38.5 Å². The Balaban J connectivity index is 1.81. The van der Waals surface area contributed by atoms with Gasteiger partial charge in [-0.15, -0.1) is 0 Å². The molecule has 2 fully saturated rings. The average molecular weight is 225 g/mol. The van der Waals surface area contributed by atoms with E-state index in [4.69, 9.17) is 0 Å². The van der Waals surface area contributed by atoms with E-state index in [1.54, 1.807) is 0 Å². The van der Waals surface area contributed by atoms with E-state index in [1.807, 2.05) is 0 Å². The third kappa shape index (κ3) is 4.04. The summed E-state index contributed by atoms with van der Waals surface area (Å²) >= 11 is 0. The van der Waals surface area contributed by atoms with Crippen molar-refractivity contribution in [3.05, 3.63) is 0 Å². The third-order valence-corrected chi connectivity index (χ3v) is 3.94. The molecule has 1 saturated carbocycles. The highest BCUT2D eigenvalue weighted by Gasteiger charge is 2.19. The van der Waals surface area contributed by atoms with Crippen LogP contribution in [-0.2, 0) is 0 Å². The van der Waals surface area contributed by atoms with E-state index in [1.165, 1.54) is 70.8 Å². The molecule has 16 heavy (non-hydrogen) atoms. The van der Waals surface area contributed by atoms with Crippen LogP contribution >= 0.6 is 0 Å². The number of hydrogen-bond acceptors (Lipinski definition) is 3. The van der Waals surface area contributed by atoms with Gasteiger partial charge in [0.05, 0.1) is 0 Å². The van der Waals surface area contributed by atoms with Crippen LogP contribution in [0.3, 0.4) is 0 Å². The molecule has 0 spiro atoms. The highest BCUT2D eigenvalue weighted by molar-refractivity contribution is 4.72. The lowest BCUT2D eigenvalue weighted by atomic mass is 9.96. The lowest BCUT2D eigenvalue weighted by Crippen LogP contribution is -2.53. The van der Waals surface area contributed by atoms with Crippen LogP contribution in [0.1, 0.15) is 64.2 Å². The molecule has 94 valence electrons. The minimum atomic E-state index is 0.769. The topological polar surface area (TPSA) is 27.3 Å². The van der Waals surface area contributed by atoms with Gasteiger partial charge in [0.1, 0.15) is 0 Å². The predicted molar refractivity (Wildman–Crippen MR) is 67.8 cm³/mol. The van der Waals surface area contributed by atoms with Crippen LogP contribution in [0.15, 0.2) is 0 Å². The predicted octanol–water partition coefficient (Wildman–Crippen LogP) is 2.59. The minimum absolute atomic E-state index is 0.769. The summed E-state index contributed by atoms with van der Waals surface area (Å²) in [6.07, 6.45) is 14.0. The van der Waals surface area contributed by atoms with E-state index in [0.29, 0.717) is 0 Å². The molecule has 2 rings (SSSR count). The number of nitrogens with one attached hydrogen (secondary N) is 2. The molecule has 0 aromatic rings. The van der Waals surface area contributed by atoms with Gasteiger partial charge in [-0.05, 0) is 25.7 Å². The summed E-state index contributed by atoms with van der Waals surface area (Å²) in [4.78, 5) is 0. The Kier molecular flexibility index (Phi) is 5.59. The van der Waals surface area contributed by atoms with E-state index in [9.17, 15) is 0 Å². The van der Waals surface area contributed by atoms with E-state index < -0.39 is 0 Å². The number of hydrogen-bond donors (Lipinski definition) is 2. The molecule has 0 aromatic carbocycles. The van der Waals surface area contributed by atoms with Crippen molar-refractivity contribution in [3.8, 4) is 0 Å². The molecule has 0 atom stereocenters. The first kappa shape index (κ1) is 12.3. The lowest BCUT2D eigenvalue weighted by Gasteiger charge is -2.34.